The molecule has 4 rings (SSSR count). The van der Waals surface area contributed by atoms with Crippen molar-refractivity contribution in [1.29, 1.82) is 5.26 Å². The van der Waals surface area contributed by atoms with Crippen LogP contribution in [0.4, 0.5) is 5.00 Å². The van der Waals surface area contributed by atoms with Crippen molar-refractivity contribution in [3.8, 4) is 17.4 Å². The van der Waals surface area contributed by atoms with E-state index < -0.39 is 5.91 Å². The summed E-state index contributed by atoms with van der Waals surface area (Å²) in [5, 5.41) is 16.9. The van der Waals surface area contributed by atoms with Crippen molar-refractivity contribution in [2.75, 3.05) is 5.32 Å². The van der Waals surface area contributed by atoms with Gasteiger partial charge in [-0.1, -0.05) is 32.4 Å². The van der Waals surface area contributed by atoms with Crippen LogP contribution in [0.1, 0.15) is 53.8 Å². The number of anilines is 1. The number of thiophene rings is 1. The van der Waals surface area contributed by atoms with E-state index in [9.17, 15) is 10.1 Å². The monoisotopic (exact) mass is 497 g/mol. The molecule has 0 fully saturated rings. The largest absolute Gasteiger partial charge is 0.451 e. The van der Waals surface area contributed by atoms with Crippen LogP contribution in [0.2, 0.25) is 5.02 Å². The zero-order chi connectivity index (χ0) is 23.8. The van der Waals surface area contributed by atoms with E-state index in [4.69, 9.17) is 28.2 Å². The molecule has 1 aliphatic carbocycles. The number of fused-ring (bicyclic) bond motifs is 1. The third-order valence-electron chi connectivity index (χ3n) is 6.01. The lowest BCUT2D eigenvalue weighted by Gasteiger charge is -2.33. The van der Waals surface area contributed by atoms with E-state index in [-0.39, 0.29) is 16.3 Å². The molecule has 1 amide bonds. The highest BCUT2D eigenvalue weighted by Crippen LogP contribution is 2.44. The standard InChI is InChI=1S/C25H24ClN3O2S2/c1-25(2,3)15-6-9-17-18(13-27)23(33-21(17)12-15)29-24(32)28-22(30)20-11-10-19(31-20)14-4-7-16(26)8-5-14/h4-5,7-8,10-11,15H,6,9,12H2,1-3H3,(H2,28,29,30,32)/t15-/m1/s1. The van der Waals surface area contributed by atoms with Crippen LogP contribution >= 0.6 is 35.2 Å². The molecule has 0 saturated carbocycles. The zero-order valence-corrected chi connectivity index (χ0v) is 21.0. The number of nitrogens with zero attached hydrogens (tertiary/aromatic N) is 1. The maximum Gasteiger partial charge on any atom is 0.293 e. The van der Waals surface area contributed by atoms with Crippen molar-refractivity contribution in [3.05, 3.63) is 63.2 Å². The average molecular weight is 498 g/mol. The van der Waals surface area contributed by atoms with E-state index in [1.165, 1.54) is 4.88 Å². The normalized spacial score (nSPS) is 15.4. The summed E-state index contributed by atoms with van der Waals surface area (Å²) >= 11 is 12.8. The molecule has 33 heavy (non-hydrogen) atoms. The molecule has 0 saturated heterocycles. The first-order valence-electron chi connectivity index (χ1n) is 10.7. The van der Waals surface area contributed by atoms with Crippen LogP contribution in [0.5, 0.6) is 0 Å². The van der Waals surface area contributed by atoms with Crippen molar-refractivity contribution < 1.29 is 9.21 Å². The van der Waals surface area contributed by atoms with Crippen LogP contribution in [-0.4, -0.2) is 11.0 Å². The zero-order valence-electron chi connectivity index (χ0n) is 18.6. The van der Waals surface area contributed by atoms with Gasteiger partial charge in [0.1, 0.15) is 16.8 Å². The van der Waals surface area contributed by atoms with Crippen molar-refractivity contribution >= 4 is 51.2 Å². The van der Waals surface area contributed by atoms with Gasteiger partial charge in [0.2, 0.25) is 0 Å². The Morgan fingerprint density at radius 2 is 1.97 bits per heavy atom. The number of furan rings is 1. The Bertz CT molecular complexity index is 1250. The van der Waals surface area contributed by atoms with E-state index in [0.717, 1.165) is 30.4 Å². The number of benzene rings is 1. The Morgan fingerprint density at radius 3 is 2.64 bits per heavy atom. The fourth-order valence-corrected chi connectivity index (χ4v) is 5.73. The van der Waals surface area contributed by atoms with E-state index in [2.05, 4.69) is 37.5 Å². The van der Waals surface area contributed by atoms with Gasteiger partial charge in [-0.15, -0.1) is 11.3 Å². The summed E-state index contributed by atoms with van der Waals surface area (Å²) in [7, 11) is 0. The number of carbonyl (C=O) groups is 1. The maximum atomic E-state index is 12.6. The van der Waals surface area contributed by atoms with Gasteiger partial charge in [-0.3, -0.25) is 10.1 Å². The molecular weight excluding hydrogens is 474 g/mol. The second kappa shape index (κ2) is 9.30. The van der Waals surface area contributed by atoms with Crippen LogP contribution in [-0.2, 0) is 12.8 Å². The van der Waals surface area contributed by atoms with E-state index in [1.807, 2.05) is 12.1 Å². The van der Waals surface area contributed by atoms with Crippen molar-refractivity contribution in [1.82, 2.24) is 5.32 Å². The van der Waals surface area contributed by atoms with Gasteiger partial charge in [-0.2, -0.15) is 5.26 Å². The van der Waals surface area contributed by atoms with E-state index in [1.54, 1.807) is 35.6 Å². The number of hydrogen-bond acceptors (Lipinski definition) is 5. The molecule has 2 aromatic heterocycles. The number of carbonyl (C=O) groups excluding carboxylic acids is 1. The van der Waals surface area contributed by atoms with Gasteiger partial charge < -0.3 is 9.73 Å². The lowest BCUT2D eigenvalue weighted by molar-refractivity contribution is 0.0951. The summed E-state index contributed by atoms with van der Waals surface area (Å²) in [6.45, 7) is 6.79. The van der Waals surface area contributed by atoms with Crippen molar-refractivity contribution in [3.63, 3.8) is 0 Å². The lowest BCUT2D eigenvalue weighted by atomic mass is 9.72. The molecule has 0 radical (unpaired) electrons. The molecule has 2 N–H and O–H groups in total. The second-order valence-corrected chi connectivity index (χ2v) is 11.2. The predicted molar refractivity (Wildman–Crippen MR) is 137 cm³/mol. The Balaban J connectivity index is 1.44. The molecule has 1 atom stereocenters. The molecule has 1 aliphatic rings. The summed E-state index contributed by atoms with van der Waals surface area (Å²) in [6, 6.07) is 12.8. The first-order chi connectivity index (χ1) is 15.7. The summed E-state index contributed by atoms with van der Waals surface area (Å²) < 4.78 is 5.68. The smallest absolute Gasteiger partial charge is 0.293 e. The molecule has 1 aromatic carbocycles. The minimum Gasteiger partial charge on any atom is -0.451 e. The quantitative estimate of drug-likeness (QED) is 0.388. The topological polar surface area (TPSA) is 78.1 Å². The van der Waals surface area contributed by atoms with Crippen LogP contribution in [0.15, 0.2) is 40.8 Å². The van der Waals surface area contributed by atoms with Crippen molar-refractivity contribution in [2.24, 2.45) is 11.3 Å². The Morgan fingerprint density at radius 1 is 1.24 bits per heavy atom. The first-order valence-corrected chi connectivity index (χ1v) is 12.3. The Labute approximate surface area is 207 Å². The number of nitriles is 1. The molecule has 0 spiro atoms. The Kier molecular flexibility index (Phi) is 6.62. The molecule has 0 unspecified atom stereocenters. The van der Waals surface area contributed by atoms with Crippen LogP contribution in [0.3, 0.4) is 0 Å². The predicted octanol–water partition coefficient (Wildman–Crippen LogP) is 6.81. The highest BCUT2D eigenvalue weighted by Gasteiger charge is 2.32. The first kappa shape index (κ1) is 23.5. The fourth-order valence-electron chi connectivity index (χ4n) is 4.06. The number of nitrogens with one attached hydrogen (secondary N) is 2. The van der Waals surface area contributed by atoms with Gasteiger partial charge in [0.25, 0.3) is 5.91 Å². The molecule has 0 bridgehead atoms. The third-order valence-corrected chi connectivity index (χ3v) is 7.64. The minimum atomic E-state index is -0.458. The number of rotatable bonds is 3. The third kappa shape index (κ3) is 5.14. The highest BCUT2D eigenvalue weighted by molar-refractivity contribution is 7.80. The second-order valence-electron chi connectivity index (χ2n) is 9.20. The number of hydrogen-bond donors (Lipinski definition) is 2. The molecule has 3 aromatic rings. The summed E-state index contributed by atoms with van der Waals surface area (Å²) in [5.41, 5.74) is 2.77. The number of thiocarbonyl (C=S) groups is 1. The Hall–Kier alpha value is -2.66. The highest BCUT2D eigenvalue weighted by atomic mass is 35.5. The molecule has 8 heteroatoms. The molecule has 170 valence electrons. The van der Waals surface area contributed by atoms with Gasteiger partial charge in [-0.25, -0.2) is 0 Å². The number of halogens is 1. The van der Waals surface area contributed by atoms with Gasteiger partial charge in [0.15, 0.2) is 10.9 Å². The summed E-state index contributed by atoms with van der Waals surface area (Å²) in [5.74, 6) is 0.814. The van der Waals surface area contributed by atoms with E-state index in [0.29, 0.717) is 27.3 Å². The average Bonchev–Trinajstić information content (AvgIpc) is 3.37. The molecule has 5 nitrogen and oxygen atoms in total. The number of amides is 1. The van der Waals surface area contributed by atoms with Gasteiger partial charge >= 0.3 is 0 Å². The minimum absolute atomic E-state index is 0.131. The van der Waals surface area contributed by atoms with E-state index >= 15 is 0 Å². The van der Waals surface area contributed by atoms with Gasteiger partial charge in [0, 0.05) is 15.5 Å². The molecule has 2 heterocycles. The fraction of sp³-hybridized carbons (Fsp3) is 0.320. The van der Waals surface area contributed by atoms with Gasteiger partial charge in [0.05, 0.1) is 5.56 Å². The maximum absolute atomic E-state index is 12.6. The summed E-state index contributed by atoms with van der Waals surface area (Å²) in [4.78, 5) is 13.9. The molecular formula is C25H24ClN3O2S2. The van der Waals surface area contributed by atoms with Crippen LogP contribution in [0.25, 0.3) is 11.3 Å². The van der Waals surface area contributed by atoms with Crippen LogP contribution < -0.4 is 10.6 Å². The summed E-state index contributed by atoms with van der Waals surface area (Å²) in [6.07, 6.45) is 2.91. The van der Waals surface area contributed by atoms with Crippen LogP contribution in [0, 0.1) is 22.7 Å². The van der Waals surface area contributed by atoms with Crippen molar-refractivity contribution in [2.45, 2.75) is 40.0 Å². The SMILES string of the molecule is CC(C)(C)[C@@H]1CCc2c(sc(NC(=S)NC(=O)c3ccc(-c4ccc(Cl)cc4)o3)c2C#N)C1. The lowest BCUT2D eigenvalue weighted by Crippen LogP contribution is -2.33. The molecule has 0 aliphatic heterocycles. The van der Waals surface area contributed by atoms with Gasteiger partial charge in [-0.05, 0) is 84.8 Å².